The maximum absolute atomic E-state index is 13.7. The molecule has 0 aliphatic heterocycles. The van der Waals surface area contributed by atoms with Gasteiger partial charge in [0.15, 0.2) is 0 Å². The van der Waals surface area contributed by atoms with E-state index < -0.39 is 6.10 Å². The second-order valence-electron chi connectivity index (χ2n) is 3.79. The molecule has 0 amide bonds. The van der Waals surface area contributed by atoms with Gasteiger partial charge in [0.25, 0.3) is 0 Å². The van der Waals surface area contributed by atoms with Crippen LogP contribution in [0.1, 0.15) is 12.5 Å². The molecule has 3 nitrogen and oxygen atoms in total. The first kappa shape index (κ1) is 10.8. The van der Waals surface area contributed by atoms with Crippen LogP contribution in [0, 0.1) is 5.82 Å². The predicted octanol–water partition coefficient (Wildman–Crippen LogP) is 1.93. The van der Waals surface area contributed by atoms with E-state index in [1.54, 1.807) is 37.5 Å². The second kappa shape index (κ2) is 4.45. The largest absolute Gasteiger partial charge is 0.393 e. The van der Waals surface area contributed by atoms with Crippen molar-refractivity contribution < 1.29 is 9.50 Å². The number of aliphatic hydroxyl groups is 1. The summed E-state index contributed by atoms with van der Waals surface area (Å²) in [5.74, 6) is -0.332. The van der Waals surface area contributed by atoms with E-state index >= 15 is 0 Å². The number of rotatable bonds is 3. The molecule has 84 valence electrons. The lowest BCUT2D eigenvalue weighted by molar-refractivity contribution is 0.195. The van der Waals surface area contributed by atoms with Crippen LogP contribution in [0.15, 0.2) is 36.7 Å². The zero-order valence-corrected chi connectivity index (χ0v) is 8.97. The highest BCUT2D eigenvalue weighted by molar-refractivity contribution is 5.35. The molecule has 1 N–H and O–H groups in total. The van der Waals surface area contributed by atoms with Crippen molar-refractivity contribution in [1.29, 1.82) is 0 Å². The second-order valence-corrected chi connectivity index (χ2v) is 3.79. The van der Waals surface area contributed by atoms with Gasteiger partial charge in [0, 0.05) is 12.4 Å². The topological polar surface area (TPSA) is 38.0 Å². The molecule has 1 unspecified atom stereocenters. The fraction of sp³-hybridized carbons (Fsp3) is 0.250. The van der Waals surface area contributed by atoms with Gasteiger partial charge >= 0.3 is 0 Å². The number of nitrogens with zero attached hydrogens (tertiary/aromatic N) is 2. The molecule has 0 spiro atoms. The normalized spacial score (nSPS) is 12.7. The van der Waals surface area contributed by atoms with Crippen molar-refractivity contribution in [3.8, 4) is 5.69 Å². The first-order chi connectivity index (χ1) is 7.66. The highest BCUT2D eigenvalue weighted by atomic mass is 19.1. The molecule has 0 bridgehead atoms. The summed E-state index contributed by atoms with van der Waals surface area (Å²) >= 11 is 0. The number of benzene rings is 1. The first-order valence-corrected chi connectivity index (χ1v) is 5.13. The van der Waals surface area contributed by atoms with Gasteiger partial charge in [-0.2, -0.15) is 5.10 Å². The van der Waals surface area contributed by atoms with Gasteiger partial charge in [-0.1, -0.05) is 6.07 Å². The summed E-state index contributed by atoms with van der Waals surface area (Å²) in [7, 11) is 0. The minimum atomic E-state index is -0.463. The number of hydrogen-bond donors (Lipinski definition) is 1. The van der Waals surface area contributed by atoms with E-state index in [2.05, 4.69) is 5.10 Å². The van der Waals surface area contributed by atoms with E-state index in [0.717, 1.165) is 5.56 Å². The summed E-state index contributed by atoms with van der Waals surface area (Å²) in [4.78, 5) is 0. The van der Waals surface area contributed by atoms with E-state index in [1.165, 1.54) is 10.7 Å². The molecule has 2 aromatic rings. The molecule has 1 aromatic carbocycles. The van der Waals surface area contributed by atoms with Gasteiger partial charge in [0.2, 0.25) is 0 Å². The van der Waals surface area contributed by atoms with Crippen LogP contribution in [0.25, 0.3) is 5.69 Å². The molecule has 0 radical (unpaired) electrons. The zero-order valence-electron chi connectivity index (χ0n) is 8.97. The third-order valence-corrected chi connectivity index (χ3v) is 2.29. The van der Waals surface area contributed by atoms with Crippen molar-refractivity contribution in [2.45, 2.75) is 19.4 Å². The molecule has 0 saturated heterocycles. The van der Waals surface area contributed by atoms with E-state index in [9.17, 15) is 9.50 Å². The number of aromatic nitrogens is 2. The van der Waals surface area contributed by atoms with Crippen LogP contribution in [-0.2, 0) is 6.42 Å². The quantitative estimate of drug-likeness (QED) is 0.858. The zero-order chi connectivity index (χ0) is 11.5. The molecule has 4 heteroatoms. The minimum Gasteiger partial charge on any atom is -0.393 e. The Morgan fingerprint density at radius 1 is 1.50 bits per heavy atom. The lowest BCUT2D eigenvalue weighted by atomic mass is 10.1. The van der Waals surface area contributed by atoms with Crippen LogP contribution < -0.4 is 0 Å². The van der Waals surface area contributed by atoms with Crippen molar-refractivity contribution in [2.75, 3.05) is 0 Å². The predicted molar refractivity (Wildman–Crippen MR) is 58.9 cm³/mol. The molecule has 1 heterocycles. The number of aliphatic hydroxyl groups excluding tert-OH is 1. The Morgan fingerprint density at radius 2 is 2.31 bits per heavy atom. The molecule has 0 fully saturated rings. The van der Waals surface area contributed by atoms with Gasteiger partial charge in [-0.15, -0.1) is 0 Å². The fourth-order valence-electron chi connectivity index (χ4n) is 1.62. The molecule has 2 rings (SSSR count). The lowest BCUT2D eigenvalue weighted by Crippen LogP contribution is -2.05. The van der Waals surface area contributed by atoms with Crippen molar-refractivity contribution in [1.82, 2.24) is 9.78 Å². The van der Waals surface area contributed by atoms with Crippen LogP contribution in [0.3, 0.4) is 0 Å². The van der Waals surface area contributed by atoms with E-state index in [1.807, 2.05) is 0 Å². The van der Waals surface area contributed by atoms with Crippen LogP contribution in [0.2, 0.25) is 0 Å². The maximum Gasteiger partial charge on any atom is 0.149 e. The van der Waals surface area contributed by atoms with Crippen molar-refractivity contribution >= 4 is 0 Å². The summed E-state index contributed by atoms with van der Waals surface area (Å²) in [5.41, 5.74) is 1.20. The molecular weight excluding hydrogens is 207 g/mol. The molecule has 0 saturated carbocycles. The average molecular weight is 220 g/mol. The smallest absolute Gasteiger partial charge is 0.149 e. The average Bonchev–Trinajstić information content (AvgIpc) is 2.69. The molecule has 16 heavy (non-hydrogen) atoms. The fourth-order valence-corrected chi connectivity index (χ4v) is 1.62. The van der Waals surface area contributed by atoms with Gasteiger partial charge in [0.1, 0.15) is 11.5 Å². The summed E-state index contributed by atoms with van der Waals surface area (Å²) in [6.07, 6.45) is 3.28. The molecule has 1 atom stereocenters. The third-order valence-electron chi connectivity index (χ3n) is 2.29. The van der Waals surface area contributed by atoms with Crippen LogP contribution in [-0.4, -0.2) is 21.0 Å². The highest BCUT2D eigenvalue weighted by Crippen LogP contribution is 2.15. The number of hydrogen-bond acceptors (Lipinski definition) is 2. The van der Waals surface area contributed by atoms with Gasteiger partial charge < -0.3 is 5.11 Å². The maximum atomic E-state index is 13.7. The lowest BCUT2D eigenvalue weighted by Gasteiger charge is -2.07. The highest BCUT2D eigenvalue weighted by Gasteiger charge is 2.07. The standard InChI is InChI=1S/C12H13FN2O/c1-9(16)7-10-3-4-12(11(13)8-10)15-6-2-5-14-15/h2-6,8-9,16H,7H2,1H3. The van der Waals surface area contributed by atoms with E-state index in [-0.39, 0.29) is 5.82 Å². The Kier molecular flexibility index (Phi) is 3.01. The molecule has 0 aliphatic rings. The Morgan fingerprint density at radius 3 is 2.88 bits per heavy atom. The summed E-state index contributed by atoms with van der Waals surface area (Å²) in [5, 5.41) is 13.2. The molecule has 0 aliphatic carbocycles. The van der Waals surface area contributed by atoms with Crippen molar-refractivity contribution in [3.05, 3.63) is 48.0 Å². The SMILES string of the molecule is CC(O)Cc1ccc(-n2cccn2)c(F)c1. The minimum absolute atomic E-state index is 0.332. The van der Waals surface area contributed by atoms with Crippen molar-refractivity contribution in [3.63, 3.8) is 0 Å². The van der Waals surface area contributed by atoms with Crippen molar-refractivity contribution in [2.24, 2.45) is 0 Å². The Labute approximate surface area is 93.2 Å². The summed E-state index contributed by atoms with van der Waals surface area (Å²) in [6, 6.07) is 6.64. The number of halogens is 1. The van der Waals surface area contributed by atoms with Gasteiger partial charge in [-0.25, -0.2) is 9.07 Å². The van der Waals surface area contributed by atoms with Gasteiger partial charge in [0.05, 0.1) is 6.10 Å². The van der Waals surface area contributed by atoms with E-state index in [4.69, 9.17) is 0 Å². The van der Waals surface area contributed by atoms with E-state index in [0.29, 0.717) is 12.1 Å². The first-order valence-electron chi connectivity index (χ1n) is 5.13. The van der Waals surface area contributed by atoms with Crippen LogP contribution in [0.4, 0.5) is 4.39 Å². The Bertz CT molecular complexity index is 466. The molecule has 1 aromatic heterocycles. The van der Waals surface area contributed by atoms with Crippen LogP contribution >= 0.6 is 0 Å². The van der Waals surface area contributed by atoms with Gasteiger partial charge in [-0.3, -0.25) is 0 Å². The monoisotopic (exact) mass is 220 g/mol. The summed E-state index contributed by atoms with van der Waals surface area (Å²) < 4.78 is 15.2. The Hall–Kier alpha value is -1.68. The molecular formula is C12H13FN2O. The van der Waals surface area contributed by atoms with Gasteiger partial charge in [-0.05, 0) is 37.1 Å². The Balaban J connectivity index is 2.30. The third kappa shape index (κ3) is 2.28. The van der Waals surface area contributed by atoms with Crippen LogP contribution in [0.5, 0.6) is 0 Å². The summed E-state index contributed by atoms with van der Waals surface area (Å²) in [6.45, 7) is 1.68.